The molecule has 0 bridgehead atoms. The number of carbonyl (C=O) groups excluding carboxylic acids is 1. The molecule has 2 rings (SSSR count). The molecule has 1 aromatic rings. The molecule has 0 aromatic heterocycles. The van der Waals surface area contributed by atoms with Crippen LogP contribution in [-0.4, -0.2) is 54.9 Å². The Kier molecular flexibility index (Phi) is 6.56. The predicted octanol–water partition coefficient (Wildman–Crippen LogP) is 2.75. The van der Waals surface area contributed by atoms with Gasteiger partial charge in [-0.2, -0.15) is 13.2 Å². The smallest absolute Gasteiger partial charge is 0.422 e. The standard InChI is InChI=1S/C18H22F3NO5/c1-11-8-22(9-13(11)17(24)25)16(23)6-4-12-3-5-14(15(7-12)26-2)27-10-18(19,20)21/h3,5,7,11,13H,4,6,8-10H2,1-2H3,(H,24,25)/t11-,13-/m1/s1. The number of hydrogen-bond donors (Lipinski definition) is 1. The molecular weight excluding hydrogens is 367 g/mol. The highest BCUT2D eigenvalue weighted by atomic mass is 19.4. The molecule has 9 heteroatoms. The van der Waals surface area contributed by atoms with Gasteiger partial charge in [0.2, 0.25) is 5.91 Å². The molecule has 1 saturated heterocycles. The molecule has 0 spiro atoms. The first-order chi connectivity index (χ1) is 12.6. The van der Waals surface area contributed by atoms with Crippen molar-refractivity contribution < 1.29 is 37.3 Å². The van der Waals surface area contributed by atoms with Crippen LogP contribution in [0.4, 0.5) is 13.2 Å². The van der Waals surface area contributed by atoms with Crippen molar-refractivity contribution in [3.05, 3.63) is 23.8 Å². The Morgan fingerprint density at radius 1 is 1.26 bits per heavy atom. The summed E-state index contributed by atoms with van der Waals surface area (Å²) in [5, 5.41) is 9.13. The number of aliphatic carboxylic acids is 1. The third kappa shape index (κ3) is 5.77. The molecule has 27 heavy (non-hydrogen) atoms. The number of aryl methyl sites for hydroxylation is 1. The normalized spacial score (nSPS) is 19.8. The molecule has 150 valence electrons. The maximum absolute atomic E-state index is 12.3. The van der Waals surface area contributed by atoms with Crippen molar-refractivity contribution in [1.82, 2.24) is 4.90 Å². The number of hydrogen-bond acceptors (Lipinski definition) is 4. The summed E-state index contributed by atoms with van der Waals surface area (Å²) < 4.78 is 46.6. The summed E-state index contributed by atoms with van der Waals surface area (Å²) in [7, 11) is 1.32. The largest absolute Gasteiger partial charge is 0.493 e. The molecule has 0 saturated carbocycles. The minimum atomic E-state index is -4.45. The van der Waals surface area contributed by atoms with Gasteiger partial charge in [-0.15, -0.1) is 0 Å². The second kappa shape index (κ2) is 8.49. The Bertz CT molecular complexity index is 692. The fourth-order valence-corrected chi connectivity index (χ4v) is 3.05. The van der Waals surface area contributed by atoms with Gasteiger partial charge in [0.05, 0.1) is 13.0 Å². The number of ether oxygens (including phenoxy) is 2. The van der Waals surface area contributed by atoms with Gasteiger partial charge in [-0.3, -0.25) is 9.59 Å². The predicted molar refractivity (Wildman–Crippen MR) is 89.7 cm³/mol. The van der Waals surface area contributed by atoms with Gasteiger partial charge in [0.25, 0.3) is 0 Å². The summed E-state index contributed by atoms with van der Waals surface area (Å²) in [5.41, 5.74) is 0.710. The van der Waals surface area contributed by atoms with Crippen LogP contribution in [0.15, 0.2) is 18.2 Å². The SMILES string of the molecule is COc1cc(CCC(=O)N2C[C@@H](C)[C@H](C(=O)O)C2)ccc1OCC(F)(F)F. The van der Waals surface area contributed by atoms with Crippen LogP contribution < -0.4 is 9.47 Å². The summed E-state index contributed by atoms with van der Waals surface area (Å²) in [6.07, 6.45) is -3.92. The number of halogens is 3. The summed E-state index contributed by atoms with van der Waals surface area (Å²) in [6, 6.07) is 4.49. The number of rotatable bonds is 7. The van der Waals surface area contributed by atoms with Crippen molar-refractivity contribution in [3.63, 3.8) is 0 Å². The minimum Gasteiger partial charge on any atom is -0.493 e. The topological polar surface area (TPSA) is 76.1 Å². The molecule has 1 aromatic carbocycles. The van der Waals surface area contributed by atoms with Gasteiger partial charge >= 0.3 is 12.1 Å². The summed E-state index contributed by atoms with van der Waals surface area (Å²) in [6.45, 7) is 0.988. The lowest BCUT2D eigenvalue weighted by Crippen LogP contribution is -2.30. The number of likely N-dealkylation sites (tertiary alicyclic amines) is 1. The molecule has 1 fully saturated rings. The number of carboxylic acid groups (broad SMARTS) is 1. The number of amides is 1. The van der Waals surface area contributed by atoms with E-state index in [1.807, 2.05) is 0 Å². The second-order valence-corrected chi connectivity index (χ2v) is 6.61. The Morgan fingerprint density at radius 2 is 1.96 bits per heavy atom. The molecule has 0 radical (unpaired) electrons. The lowest BCUT2D eigenvalue weighted by molar-refractivity contribution is -0.153. The van der Waals surface area contributed by atoms with Crippen LogP contribution >= 0.6 is 0 Å². The maximum atomic E-state index is 12.3. The summed E-state index contributed by atoms with van der Waals surface area (Å²) >= 11 is 0. The monoisotopic (exact) mass is 389 g/mol. The Balaban J connectivity index is 1.94. The van der Waals surface area contributed by atoms with Crippen molar-refractivity contribution in [2.24, 2.45) is 11.8 Å². The molecule has 1 heterocycles. The zero-order valence-corrected chi connectivity index (χ0v) is 15.1. The first-order valence-corrected chi connectivity index (χ1v) is 8.47. The van der Waals surface area contributed by atoms with Gasteiger partial charge in [0, 0.05) is 19.5 Å². The zero-order valence-electron chi connectivity index (χ0n) is 15.1. The van der Waals surface area contributed by atoms with Gasteiger partial charge in [0.1, 0.15) is 0 Å². The third-order valence-corrected chi connectivity index (χ3v) is 4.53. The van der Waals surface area contributed by atoms with Crippen molar-refractivity contribution in [3.8, 4) is 11.5 Å². The Hall–Kier alpha value is -2.45. The number of methoxy groups -OCH3 is 1. The average molecular weight is 389 g/mol. The zero-order chi connectivity index (χ0) is 20.2. The molecule has 6 nitrogen and oxygen atoms in total. The number of nitrogens with zero attached hydrogens (tertiary/aromatic N) is 1. The van der Waals surface area contributed by atoms with Crippen molar-refractivity contribution in [1.29, 1.82) is 0 Å². The van der Waals surface area contributed by atoms with E-state index in [0.717, 1.165) is 0 Å². The van der Waals surface area contributed by atoms with E-state index in [0.29, 0.717) is 18.5 Å². The van der Waals surface area contributed by atoms with Gasteiger partial charge in [-0.25, -0.2) is 0 Å². The first kappa shape index (κ1) is 20.9. The van der Waals surface area contributed by atoms with E-state index in [1.54, 1.807) is 17.9 Å². The van der Waals surface area contributed by atoms with Crippen molar-refractivity contribution >= 4 is 11.9 Å². The van der Waals surface area contributed by atoms with Gasteiger partial charge in [0.15, 0.2) is 18.1 Å². The molecular formula is C18H22F3NO5. The Morgan fingerprint density at radius 3 is 2.52 bits per heavy atom. The molecule has 0 aliphatic carbocycles. The highest BCUT2D eigenvalue weighted by Crippen LogP contribution is 2.30. The van der Waals surface area contributed by atoms with Crippen molar-refractivity contribution in [2.75, 3.05) is 26.8 Å². The quantitative estimate of drug-likeness (QED) is 0.776. The molecule has 2 atom stereocenters. The van der Waals surface area contributed by atoms with E-state index >= 15 is 0 Å². The fraction of sp³-hybridized carbons (Fsp3) is 0.556. The lowest BCUT2D eigenvalue weighted by Gasteiger charge is -2.16. The summed E-state index contributed by atoms with van der Waals surface area (Å²) in [4.78, 5) is 25.0. The Labute approximate surface area is 154 Å². The molecule has 1 aliphatic heterocycles. The van der Waals surface area contributed by atoms with E-state index in [1.165, 1.54) is 19.2 Å². The van der Waals surface area contributed by atoms with Crippen LogP contribution in [0.5, 0.6) is 11.5 Å². The highest BCUT2D eigenvalue weighted by molar-refractivity contribution is 5.79. The average Bonchev–Trinajstić information content (AvgIpc) is 2.99. The molecule has 1 aliphatic rings. The van der Waals surface area contributed by atoms with Gasteiger partial charge in [-0.1, -0.05) is 13.0 Å². The number of carbonyl (C=O) groups is 2. The minimum absolute atomic E-state index is 0.0254. The molecule has 1 amide bonds. The molecule has 0 unspecified atom stereocenters. The van der Waals surface area contributed by atoms with E-state index in [2.05, 4.69) is 0 Å². The maximum Gasteiger partial charge on any atom is 0.422 e. The van der Waals surface area contributed by atoms with E-state index in [-0.39, 0.29) is 36.3 Å². The third-order valence-electron chi connectivity index (χ3n) is 4.53. The van der Waals surface area contributed by atoms with Crippen LogP contribution in [0.1, 0.15) is 18.9 Å². The van der Waals surface area contributed by atoms with Gasteiger partial charge < -0.3 is 19.5 Å². The van der Waals surface area contributed by atoms with E-state index < -0.39 is 24.7 Å². The van der Waals surface area contributed by atoms with Crippen molar-refractivity contribution in [2.45, 2.75) is 25.9 Å². The van der Waals surface area contributed by atoms with Gasteiger partial charge in [-0.05, 0) is 30.0 Å². The van der Waals surface area contributed by atoms with Crippen LogP contribution in [0.3, 0.4) is 0 Å². The first-order valence-electron chi connectivity index (χ1n) is 8.47. The number of benzene rings is 1. The fourth-order valence-electron chi connectivity index (χ4n) is 3.05. The highest BCUT2D eigenvalue weighted by Gasteiger charge is 2.36. The molecule has 1 N–H and O–H groups in total. The van der Waals surface area contributed by atoms with Crippen LogP contribution in [0.2, 0.25) is 0 Å². The summed E-state index contributed by atoms with van der Waals surface area (Å²) in [5.74, 6) is -1.58. The van der Waals surface area contributed by atoms with Crippen LogP contribution in [0.25, 0.3) is 0 Å². The number of alkyl halides is 3. The van der Waals surface area contributed by atoms with E-state index in [4.69, 9.17) is 14.6 Å². The van der Waals surface area contributed by atoms with Crippen LogP contribution in [-0.2, 0) is 16.0 Å². The lowest BCUT2D eigenvalue weighted by atomic mass is 9.99. The van der Waals surface area contributed by atoms with Crippen LogP contribution in [0, 0.1) is 11.8 Å². The second-order valence-electron chi connectivity index (χ2n) is 6.61. The number of carboxylic acids is 1. The van der Waals surface area contributed by atoms with E-state index in [9.17, 15) is 22.8 Å².